The molecule has 0 unspecified atom stereocenters. The number of likely N-dealkylation sites (tertiary alicyclic amines) is 1. The molecule has 0 atom stereocenters. The maximum Gasteiger partial charge on any atom is 0.253 e. The van der Waals surface area contributed by atoms with Crippen LogP contribution in [0, 0.1) is 12.8 Å². The van der Waals surface area contributed by atoms with Gasteiger partial charge in [0.25, 0.3) is 5.91 Å². The summed E-state index contributed by atoms with van der Waals surface area (Å²) in [5.74, 6) is 0.679. The van der Waals surface area contributed by atoms with Crippen LogP contribution < -0.4 is 5.73 Å². The summed E-state index contributed by atoms with van der Waals surface area (Å²) < 4.78 is 0. The van der Waals surface area contributed by atoms with Gasteiger partial charge in [-0.25, -0.2) is 0 Å². The van der Waals surface area contributed by atoms with E-state index in [1.54, 1.807) is 6.07 Å². The molecule has 0 aliphatic carbocycles. The van der Waals surface area contributed by atoms with Gasteiger partial charge in [-0.15, -0.1) is 0 Å². The molecule has 2 N–H and O–H groups in total. The number of carbonyl (C=O) groups is 1. The predicted octanol–water partition coefficient (Wildman–Crippen LogP) is 1.99. The number of piperidine rings is 1. The van der Waals surface area contributed by atoms with Crippen LogP contribution in [0.2, 0.25) is 0 Å². The normalized spacial score (nSPS) is 17.1. The van der Waals surface area contributed by atoms with Crippen molar-refractivity contribution in [3.05, 3.63) is 29.3 Å². The van der Waals surface area contributed by atoms with Crippen LogP contribution in [0.1, 0.15) is 28.8 Å². The van der Waals surface area contributed by atoms with E-state index in [4.69, 9.17) is 5.73 Å². The molecule has 0 aromatic heterocycles. The second-order valence-corrected chi connectivity index (χ2v) is 6.00. The minimum Gasteiger partial charge on any atom is -0.398 e. The average Bonchev–Trinajstić information content (AvgIpc) is 2.43. The summed E-state index contributed by atoms with van der Waals surface area (Å²) in [6.07, 6.45) is 2.34. The van der Waals surface area contributed by atoms with E-state index in [0.29, 0.717) is 17.2 Å². The predicted molar refractivity (Wildman–Crippen MR) is 82.8 cm³/mol. The topological polar surface area (TPSA) is 49.6 Å². The smallest absolute Gasteiger partial charge is 0.253 e. The number of nitrogens with two attached hydrogens (primary N) is 1. The van der Waals surface area contributed by atoms with Gasteiger partial charge in [0, 0.05) is 24.8 Å². The Balaban J connectivity index is 1.96. The first-order valence-corrected chi connectivity index (χ1v) is 7.27. The minimum absolute atomic E-state index is 0.0654. The maximum atomic E-state index is 12.4. The van der Waals surface area contributed by atoms with Crippen molar-refractivity contribution in [2.75, 3.05) is 39.5 Å². The molecule has 0 saturated carbocycles. The molecule has 20 heavy (non-hydrogen) atoms. The number of hydrogen-bond acceptors (Lipinski definition) is 3. The van der Waals surface area contributed by atoms with Crippen LogP contribution in [0.4, 0.5) is 5.69 Å². The molecule has 1 heterocycles. The van der Waals surface area contributed by atoms with Crippen molar-refractivity contribution >= 4 is 11.6 Å². The Bertz CT molecular complexity index is 479. The molecule has 4 heteroatoms. The van der Waals surface area contributed by atoms with Crippen LogP contribution >= 0.6 is 0 Å². The molecule has 1 aromatic rings. The zero-order chi connectivity index (χ0) is 14.7. The summed E-state index contributed by atoms with van der Waals surface area (Å²) >= 11 is 0. The molecule has 1 saturated heterocycles. The van der Waals surface area contributed by atoms with Crippen molar-refractivity contribution in [2.24, 2.45) is 5.92 Å². The van der Waals surface area contributed by atoms with Gasteiger partial charge in [0.05, 0.1) is 0 Å². The third-order valence-electron chi connectivity index (χ3n) is 4.24. The van der Waals surface area contributed by atoms with Gasteiger partial charge < -0.3 is 15.5 Å². The lowest BCUT2D eigenvalue weighted by atomic mass is 9.96. The number of anilines is 1. The highest BCUT2D eigenvalue weighted by Crippen LogP contribution is 2.19. The van der Waals surface area contributed by atoms with Gasteiger partial charge in [0.2, 0.25) is 0 Å². The van der Waals surface area contributed by atoms with E-state index in [9.17, 15) is 4.79 Å². The number of rotatable bonds is 3. The molecule has 1 amide bonds. The van der Waals surface area contributed by atoms with Crippen molar-refractivity contribution in [3.8, 4) is 0 Å². The molecule has 2 rings (SSSR count). The summed E-state index contributed by atoms with van der Waals surface area (Å²) in [4.78, 5) is 16.6. The fraction of sp³-hybridized carbons (Fsp3) is 0.562. The first-order chi connectivity index (χ1) is 9.47. The van der Waals surface area contributed by atoms with Crippen LogP contribution in [-0.2, 0) is 0 Å². The number of aryl methyl sites for hydroxylation is 1. The molecule has 110 valence electrons. The number of amides is 1. The molecule has 0 bridgehead atoms. The van der Waals surface area contributed by atoms with E-state index in [1.165, 1.54) is 12.8 Å². The fourth-order valence-electron chi connectivity index (χ4n) is 2.71. The van der Waals surface area contributed by atoms with Gasteiger partial charge in [0.1, 0.15) is 0 Å². The molecule has 0 spiro atoms. The largest absolute Gasteiger partial charge is 0.398 e. The number of hydrogen-bond donors (Lipinski definition) is 1. The van der Waals surface area contributed by atoms with Gasteiger partial charge >= 0.3 is 0 Å². The first-order valence-electron chi connectivity index (χ1n) is 7.27. The zero-order valence-electron chi connectivity index (χ0n) is 12.7. The van der Waals surface area contributed by atoms with Crippen molar-refractivity contribution in [2.45, 2.75) is 19.8 Å². The summed E-state index contributed by atoms with van der Waals surface area (Å²) in [5, 5.41) is 0. The van der Waals surface area contributed by atoms with Gasteiger partial charge in [-0.1, -0.05) is 6.07 Å². The Kier molecular flexibility index (Phi) is 4.65. The zero-order valence-corrected chi connectivity index (χ0v) is 12.7. The van der Waals surface area contributed by atoms with Crippen LogP contribution in [0.3, 0.4) is 0 Å². The van der Waals surface area contributed by atoms with Crippen molar-refractivity contribution in [1.29, 1.82) is 0 Å². The van der Waals surface area contributed by atoms with Gasteiger partial charge in [-0.2, -0.15) is 0 Å². The third-order valence-corrected chi connectivity index (χ3v) is 4.24. The van der Waals surface area contributed by atoms with E-state index in [0.717, 1.165) is 25.2 Å². The number of nitrogen functional groups attached to an aromatic ring is 1. The molecular formula is C16H25N3O. The van der Waals surface area contributed by atoms with Crippen molar-refractivity contribution in [3.63, 3.8) is 0 Å². The highest BCUT2D eigenvalue weighted by Gasteiger charge is 2.21. The van der Waals surface area contributed by atoms with Gasteiger partial charge in [-0.05, 0) is 63.5 Å². The summed E-state index contributed by atoms with van der Waals surface area (Å²) in [6, 6.07) is 5.55. The first kappa shape index (κ1) is 14.9. The van der Waals surface area contributed by atoms with Crippen LogP contribution in [0.25, 0.3) is 0 Å². The molecule has 1 fully saturated rings. The lowest BCUT2D eigenvalue weighted by Crippen LogP contribution is -2.38. The molecule has 1 aromatic carbocycles. The summed E-state index contributed by atoms with van der Waals surface area (Å²) in [7, 11) is 4.04. The Labute approximate surface area is 121 Å². The Morgan fingerprint density at radius 3 is 2.65 bits per heavy atom. The van der Waals surface area contributed by atoms with E-state index < -0.39 is 0 Å². The fourth-order valence-corrected chi connectivity index (χ4v) is 2.71. The number of carbonyl (C=O) groups excluding carboxylic acids is 1. The standard InChI is InChI=1S/C16H25N3O/c1-12-4-5-14(10-15(12)17)16(20)19(3)11-13-6-8-18(2)9-7-13/h4-5,10,13H,6-9,11,17H2,1-3H3. The van der Waals surface area contributed by atoms with Gasteiger partial charge in [-0.3, -0.25) is 4.79 Å². The maximum absolute atomic E-state index is 12.4. The van der Waals surface area contributed by atoms with E-state index in [2.05, 4.69) is 11.9 Å². The molecular weight excluding hydrogens is 250 g/mol. The quantitative estimate of drug-likeness (QED) is 0.858. The molecule has 0 radical (unpaired) electrons. The lowest BCUT2D eigenvalue weighted by molar-refractivity contribution is 0.0747. The Morgan fingerprint density at radius 2 is 2.05 bits per heavy atom. The van der Waals surface area contributed by atoms with Crippen LogP contribution in [-0.4, -0.2) is 49.4 Å². The number of nitrogens with zero attached hydrogens (tertiary/aromatic N) is 2. The minimum atomic E-state index is 0.0654. The highest BCUT2D eigenvalue weighted by molar-refractivity contribution is 5.95. The molecule has 4 nitrogen and oxygen atoms in total. The lowest BCUT2D eigenvalue weighted by Gasteiger charge is -2.31. The Morgan fingerprint density at radius 1 is 1.40 bits per heavy atom. The molecule has 1 aliphatic heterocycles. The van der Waals surface area contributed by atoms with Gasteiger partial charge in [0.15, 0.2) is 0 Å². The monoisotopic (exact) mass is 275 g/mol. The van der Waals surface area contributed by atoms with Crippen molar-refractivity contribution in [1.82, 2.24) is 9.80 Å². The van der Waals surface area contributed by atoms with Crippen LogP contribution in [0.5, 0.6) is 0 Å². The summed E-state index contributed by atoms with van der Waals surface area (Å²) in [6.45, 7) is 5.04. The second-order valence-electron chi connectivity index (χ2n) is 6.00. The SMILES string of the molecule is Cc1ccc(C(=O)N(C)CC2CCN(C)CC2)cc1N. The van der Waals surface area contributed by atoms with Crippen LogP contribution in [0.15, 0.2) is 18.2 Å². The second kappa shape index (κ2) is 6.27. The number of benzene rings is 1. The Hall–Kier alpha value is -1.55. The van der Waals surface area contributed by atoms with E-state index in [-0.39, 0.29) is 5.91 Å². The van der Waals surface area contributed by atoms with Crippen molar-refractivity contribution < 1.29 is 4.79 Å². The third kappa shape index (κ3) is 3.51. The van der Waals surface area contributed by atoms with E-state index in [1.807, 2.05) is 31.0 Å². The van der Waals surface area contributed by atoms with E-state index >= 15 is 0 Å². The average molecular weight is 275 g/mol. The summed E-state index contributed by atoms with van der Waals surface area (Å²) in [5.41, 5.74) is 8.26. The molecule has 1 aliphatic rings. The highest BCUT2D eigenvalue weighted by atomic mass is 16.2.